The first-order chi connectivity index (χ1) is 9.13. The number of benzene rings is 1. The van der Waals surface area contributed by atoms with Crippen molar-refractivity contribution in [2.24, 2.45) is 0 Å². The zero-order chi connectivity index (χ0) is 13.4. The van der Waals surface area contributed by atoms with Crippen molar-refractivity contribution in [1.82, 2.24) is 9.78 Å². The van der Waals surface area contributed by atoms with Gasteiger partial charge in [0.15, 0.2) is 0 Å². The van der Waals surface area contributed by atoms with E-state index in [-0.39, 0.29) is 0 Å². The number of halogens is 2. The van der Waals surface area contributed by atoms with Crippen LogP contribution in [0.2, 0.25) is 9.36 Å². The van der Waals surface area contributed by atoms with Crippen LogP contribution in [0.1, 0.15) is 0 Å². The lowest BCUT2D eigenvalue weighted by Gasteiger charge is -2.00. The third-order valence-corrected chi connectivity index (χ3v) is 4.13. The molecule has 0 aliphatic heterocycles. The first-order valence-corrected chi connectivity index (χ1v) is 7.07. The van der Waals surface area contributed by atoms with Gasteiger partial charge in [-0.15, -0.1) is 11.3 Å². The summed E-state index contributed by atoms with van der Waals surface area (Å²) >= 11 is 13.3. The predicted molar refractivity (Wildman–Crippen MR) is 81.3 cm³/mol. The van der Waals surface area contributed by atoms with E-state index in [1.165, 1.54) is 11.3 Å². The molecular weight excluding hydrogens is 301 g/mol. The van der Waals surface area contributed by atoms with Crippen LogP contribution in [0.4, 0.5) is 5.69 Å². The summed E-state index contributed by atoms with van der Waals surface area (Å²) in [5, 5.41) is 5.18. The standard InChI is InChI=1S/C13H9Cl2N3S/c14-8-1-3-9(4-2-8)18-7-10(16)13(17-18)11-5-6-12(15)19-11/h1-7H,16H2. The average Bonchev–Trinajstić information content (AvgIpc) is 2.96. The number of rotatable bonds is 2. The molecule has 0 bridgehead atoms. The third kappa shape index (κ3) is 2.47. The number of nitrogen functional groups attached to an aromatic ring is 1. The lowest BCUT2D eigenvalue weighted by molar-refractivity contribution is 0.885. The van der Waals surface area contributed by atoms with Crippen LogP contribution in [-0.2, 0) is 0 Å². The Morgan fingerprint density at radius 3 is 2.42 bits per heavy atom. The highest BCUT2D eigenvalue weighted by Crippen LogP contribution is 2.33. The molecule has 0 amide bonds. The average molecular weight is 310 g/mol. The maximum absolute atomic E-state index is 6.00. The van der Waals surface area contributed by atoms with E-state index in [2.05, 4.69) is 5.10 Å². The van der Waals surface area contributed by atoms with Crippen LogP contribution in [-0.4, -0.2) is 9.78 Å². The molecule has 6 heteroatoms. The molecule has 0 fully saturated rings. The summed E-state index contributed by atoms with van der Waals surface area (Å²) in [7, 11) is 0. The minimum absolute atomic E-state index is 0.619. The smallest absolute Gasteiger partial charge is 0.126 e. The lowest BCUT2D eigenvalue weighted by atomic mass is 10.3. The molecule has 2 N–H and O–H groups in total. The molecule has 2 aromatic heterocycles. The number of nitrogens with two attached hydrogens (primary N) is 1. The Labute approximate surface area is 124 Å². The quantitative estimate of drug-likeness (QED) is 0.758. The number of aromatic nitrogens is 2. The van der Waals surface area contributed by atoms with Crippen LogP contribution in [0.15, 0.2) is 42.6 Å². The molecule has 3 nitrogen and oxygen atoms in total. The lowest BCUT2D eigenvalue weighted by Crippen LogP contribution is -1.93. The van der Waals surface area contributed by atoms with Crippen molar-refractivity contribution in [3.8, 4) is 16.3 Å². The van der Waals surface area contributed by atoms with Crippen molar-refractivity contribution in [3.05, 3.63) is 52.0 Å². The second-order valence-corrected chi connectivity index (χ2v) is 6.11. The van der Waals surface area contributed by atoms with Crippen LogP contribution in [0.5, 0.6) is 0 Å². The molecule has 3 aromatic rings. The van der Waals surface area contributed by atoms with E-state index in [1.54, 1.807) is 10.9 Å². The van der Waals surface area contributed by atoms with Crippen LogP contribution in [0, 0.1) is 0 Å². The fourth-order valence-corrected chi connectivity index (χ4v) is 2.92. The van der Waals surface area contributed by atoms with Crippen molar-refractivity contribution in [2.75, 3.05) is 5.73 Å². The Hall–Kier alpha value is -1.49. The largest absolute Gasteiger partial charge is 0.396 e. The fourth-order valence-electron chi connectivity index (χ4n) is 1.75. The highest BCUT2D eigenvalue weighted by molar-refractivity contribution is 7.19. The SMILES string of the molecule is Nc1cn(-c2ccc(Cl)cc2)nc1-c1ccc(Cl)s1. The zero-order valence-electron chi connectivity index (χ0n) is 9.68. The summed E-state index contributed by atoms with van der Waals surface area (Å²) in [5.74, 6) is 0. The summed E-state index contributed by atoms with van der Waals surface area (Å²) < 4.78 is 2.45. The van der Waals surface area contributed by atoms with Crippen molar-refractivity contribution < 1.29 is 0 Å². The van der Waals surface area contributed by atoms with Crippen LogP contribution >= 0.6 is 34.5 Å². The molecular formula is C13H9Cl2N3S. The van der Waals surface area contributed by atoms with Gasteiger partial charge in [0.05, 0.1) is 26.8 Å². The number of thiophene rings is 1. The topological polar surface area (TPSA) is 43.8 Å². The first kappa shape index (κ1) is 12.5. The summed E-state index contributed by atoms with van der Waals surface area (Å²) in [5.41, 5.74) is 8.27. The summed E-state index contributed by atoms with van der Waals surface area (Å²) in [6.07, 6.45) is 1.78. The molecule has 1 aromatic carbocycles. The van der Waals surface area contributed by atoms with Gasteiger partial charge in [-0.2, -0.15) is 5.10 Å². The van der Waals surface area contributed by atoms with Gasteiger partial charge < -0.3 is 5.73 Å². The van der Waals surface area contributed by atoms with Gasteiger partial charge in [-0.25, -0.2) is 4.68 Å². The van der Waals surface area contributed by atoms with Crippen molar-refractivity contribution >= 4 is 40.2 Å². The minimum atomic E-state index is 0.619. The maximum atomic E-state index is 6.00. The summed E-state index contributed by atoms with van der Waals surface area (Å²) in [6.45, 7) is 0. The molecule has 0 spiro atoms. The third-order valence-electron chi connectivity index (χ3n) is 2.64. The monoisotopic (exact) mass is 309 g/mol. The second-order valence-electron chi connectivity index (χ2n) is 3.96. The Kier molecular flexibility index (Phi) is 3.22. The predicted octanol–water partition coefficient (Wildman–Crippen LogP) is 4.49. The van der Waals surface area contributed by atoms with Crippen molar-refractivity contribution in [3.63, 3.8) is 0 Å². The molecule has 0 unspecified atom stereocenters. The number of hydrogen-bond acceptors (Lipinski definition) is 3. The molecule has 19 heavy (non-hydrogen) atoms. The van der Waals surface area contributed by atoms with Crippen LogP contribution in [0.25, 0.3) is 16.3 Å². The van der Waals surface area contributed by atoms with Crippen LogP contribution < -0.4 is 5.73 Å². The molecule has 96 valence electrons. The van der Waals surface area contributed by atoms with E-state index in [9.17, 15) is 0 Å². The molecule has 0 aliphatic carbocycles. The number of anilines is 1. The normalized spacial score (nSPS) is 10.8. The van der Waals surface area contributed by atoms with E-state index in [0.29, 0.717) is 10.7 Å². The fraction of sp³-hybridized carbons (Fsp3) is 0. The van der Waals surface area contributed by atoms with Crippen molar-refractivity contribution in [2.45, 2.75) is 0 Å². The van der Waals surface area contributed by atoms with E-state index in [0.717, 1.165) is 20.6 Å². The van der Waals surface area contributed by atoms with E-state index in [4.69, 9.17) is 28.9 Å². The highest BCUT2D eigenvalue weighted by atomic mass is 35.5. The molecule has 0 atom stereocenters. The Morgan fingerprint density at radius 2 is 1.79 bits per heavy atom. The molecule has 0 saturated heterocycles. The zero-order valence-corrected chi connectivity index (χ0v) is 12.0. The van der Waals surface area contributed by atoms with Crippen molar-refractivity contribution in [1.29, 1.82) is 0 Å². The van der Waals surface area contributed by atoms with Gasteiger partial charge in [-0.05, 0) is 36.4 Å². The van der Waals surface area contributed by atoms with Crippen LogP contribution in [0.3, 0.4) is 0 Å². The molecule has 2 heterocycles. The Morgan fingerprint density at radius 1 is 1.05 bits per heavy atom. The van der Waals surface area contributed by atoms with Gasteiger partial charge in [0.25, 0.3) is 0 Å². The van der Waals surface area contributed by atoms with E-state index in [1.807, 2.05) is 36.4 Å². The van der Waals surface area contributed by atoms with Gasteiger partial charge >= 0.3 is 0 Å². The van der Waals surface area contributed by atoms with Gasteiger partial charge in [-0.3, -0.25) is 0 Å². The van der Waals surface area contributed by atoms with Gasteiger partial charge in [0, 0.05) is 5.02 Å². The highest BCUT2D eigenvalue weighted by Gasteiger charge is 2.11. The van der Waals surface area contributed by atoms with E-state index >= 15 is 0 Å². The minimum Gasteiger partial charge on any atom is -0.396 e. The molecule has 0 saturated carbocycles. The second kappa shape index (κ2) is 4.89. The number of nitrogens with zero attached hydrogens (tertiary/aromatic N) is 2. The van der Waals surface area contributed by atoms with Gasteiger partial charge in [-0.1, -0.05) is 23.2 Å². The summed E-state index contributed by atoms with van der Waals surface area (Å²) in [6, 6.07) is 11.2. The molecule has 3 rings (SSSR count). The van der Waals surface area contributed by atoms with E-state index < -0.39 is 0 Å². The number of hydrogen-bond donors (Lipinski definition) is 1. The Bertz CT molecular complexity index is 716. The van der Waals surface area contributed by atoms with Gasteiger partial charge in [0.2, 0.25) is 0 Å². The summed E-state index contributed by atoms with van der Waals surface area (Å²) in [4.78, 5) is 0.954. The Balaban J connectivity index is 2.04. The first-order valence-electron chi connectivity index (χ1n) is 5.50. The maximum Gasteiger partial charge on any atom is 0.126 e. The van der Waals surface area contributed by atoms with Gasteiger partial charge in [0.1, 0.15) is 5.69 Å². The molecule has 0 aliphatic rings. The molecule has 0 radical (unpaired) electrons.